The summed E-state index contributed by atoms with van der Waals surface area (Å²) < 4.78 is 20.6. The van der Waals surface area contributed by atoms with Gasteiger partial charge >= 0.3 is 0 Å². The van der Waals surface area contributed by atoms with E-state index < -0.39 is 5.82 Å². The molecule has 1 amide bonds. The summed E-state index contributed by atoms with van der Waals surface area (Å²) in [6.45, 7) is 0. The predicted molar refractivity (Wildman–Crippen MR) is 99.1 cm³/mol. The Hall–Kier alpha value is -2.80. The van der Waals surface area contributed by atoms with Gasteiger partial charge in [0.25, 0.3) is 0 Å². The SMILES string of the molecule is COc1ccc(CC(=O)Nc2cc(F)ccc2Sc2nccn2C)cc1. The number of carbonyl (C=O) groups is 1. The number of benzene rings is 2. The number of ether oxygens (including phenoxy) is 1. The number of methoxy groups -OCH3 is 1. The quantitative estimate of drug-likeness (QED) is 0.714. The summed E-state index contributed by atoms with van der Waals surface area (Å²) in [4.78, 5) is 17.3. The summed E-state index contributed by atoms with van der Waals surface area (Å²) in [7, 11) is 3.47. The van der Waals surface area contributed by atoms with E-state index in [1.165, 1.54) is 23.9 Å². The van der Waals surface area contributed by atoms with Crippen LogP contribution in [0.2, 0.25) is 0 Å². The molecule has 0 unspecified atom stereocenters. The minimum atomic E-state index is -0.408. The standard InChI is InChI=1S/C19H18FN3O2S/c1-23-10-9-21-19(23)26-17-8-5-14(20)12-16(17)22-18(24)11-13-3-6-15(25-2)7-4-13/h3-10,12H,11H2,1-2H3,(H,22,24). The number of rotatable bonds is 6. The zero-order chi connectivity index (χ0) is 18.5. The molecule has 1 N–H and O–H groups in total. The van der Waals surface area contributed by atoms with Gasteiger partial charge in [-0.05, 0) is 47.7 Å². The van der Waals surface area contributed by atoms with Crippen molar-refractivity contribution >= 4 is 23.4 Å². The van der Waals surface area contributed by atoms with Crippen LogP contribution in [0, 0.1) is 5.82 Å². The number of nitrogens with one attached hydrogen (secondary N) is 1. The Morgan fingerprint density at radius 3 is 2.69 bits per heavy atom. The molecule has 0 aliphatic rings. The molecule has 0 aliphatic carbocycles. The summed E-state index contributed by atoms with van der Waals surface area (Å²) in [5.41, 5.74) is 1.27. The Morgan fingerprint density at radius 1 is 1.27 bits per heavy atom. The van der Waals surface area contributed by atoms with E-state index in [9.17, 15) is 9.18 Å². The van der Waals surface area contributed by atoms with Crippen molar-refractivity contribution in [3.05, 3.63) is 66.2 Å². The van der Waals surface area contributed by atoms with Crippen LogP contribution in [0.25, 0.3) is 0 Å². The van der Waals surface area contributed by atoms with E-state index >= 15 is 0 Å². The minimum absolute atomic E-state index is 0.188. The lowest BCUT2D eigenvalue weighted by molar-refractivity contribution is -0.115. The zero-order valence-corrected chi connectivity index (χ0v) is 15.2. The van der Waals surface area contributed by atoms with Crippen LogP contribution in [-0.2, 0) is 18.3 Å². The fourth-order valence-electron chi connectivity index (χ4n) is 2.36. The van der Waals surface area contributed by atoms with Crippen LogP contribution in [-0.4, -0.2) is 22.6 Å². The number of hydrogen-bond acceptors (Lipinski definition) is 4. The van der Waals surface area contributed by atoms with Gasteiger partial charge in [0.2, 0.25) is 5.91 Å². The lowest BCUT2D eigenvalue weighted by Gasteiger charge is -2.11. The predicted octanol–water partition coefficient (Wildman–Crippen LogP) is 3.90. The molecule has 0 saturated carbocycles. The lowest BCUT2D eigenvalue weighted by Crippen LogP contribution is -2.15. The molecular formula is C19H18FN3O2S. The molecule has 0 radical (unpaired) electrons. The third kappa shape index (κ3) is 4.43. The molecule has 0 aliphatic heterocycles. The molecule has 3 rings (SSSR count). The minimum Gasteiger partial charge on any atom is -0.497 e. The maximum absolute atomic E-state index is 13.7. The van der Waals surface area contributed by atoms with Crippen LogP contribution in [0.1, 0.15) is 5.56 Å². The summed E-state index contributed by atoms with van der Waals surface area (Å²) in [6, 6.07) is 11.6. The van der Waals surface area contributed by atoms with Gasteiger partial charge < -0.3 is 14.6 Å². The average molecular weight is 371 g/mol. The van der Waals surface area contributed by atoms with Gasteiger partial charge in [-0.2, -0.15) is 0 Å². The fraction of sp³-hybridized carbons (Fsp3) is 0.158. The Bertz CT molecular complexity index is 909. The van der Waals surface area contributed by atoms with Crippen molar-refractivity contribution < 1.29 is 13.9 Å². The highest BCUT2D eigenvalue weighted by molar-refractivity contribution is 7.99. The number of nitrogens with zero attached hydrogens (tertiary/aromatic N) is 2. The first-order valence-electron chi connectivity index (χ1n) is 7.92. The van der Waals surface area contributed by atoms with Crippen LogP contribution in [0.15, 0.2) is 64.9 Å². The van der Waals surface area contributed by atoms with Crippen molar-refractivity contribution in [2.45, 2.75) is 16.5 Å². The second kappa shape index (κ2) is 8.05. The van der Waals surface area contributed by atoms with Gasteiger partial charge in [-0.25, -0.2) is 9.37 Å². The molecule has 0 atom stereocenters. The van der Waals surface area contributed by atoms with E-state index in [2.05, 4.69) is 10.3 Å². The zero-order valence-electron chi connectivity index (χ0n) is 14.4. The number of hydrogen-bond donors (Lipinski definition) is 1. The average Bonchev–Trinajstić information content (AvgIpc) is 3.03. The third-order valence-corrected chi connectivity index (χ3v) is 4.87. The first-order valence-corrected chi connectivity index (χ1v) is 8.74. The Morgan fingerprint density at radius 2 is 2.04 bits per heavy atom. The van der Waals surface area contributed by atoms with E-state index in [-0.39, 0.29) is 12.3 Å². The molecule has 5 nitrogen and oxygen atoms in total. The molecule has 2 aromatic carbocycles. The molecule has 0 spiro atoms. The van der Waals surface area contributed by atoms with Gasteiger partial charge in [0.15, 0.2) is 5.16 Å². The Kier molecular flexibility index (Phi) is 5.58. The van der Waals surface area contributed by atoms with Crippen LogP contribution >= 0.6 is 11.8 Å². The van der Waals surface area contributed by atoms with Gasteiger partial charge in [-0.3, -0.25) is 4.79 Å². The van der Waals surface area contributed by atoms with Crippen molar-refractivity contribution in [1.29, 1.82) is 0 Å². The first kappa shape index (κ1) is 18.0. The summed E-state index contributed by atoms with van der Waals surface area (Å²) >= 11 is 1.36. The maximum Gasteiger partial charge on any atom is 0.228 e. The molecule has 1 aromatic heterocycles. The van der Waals surface area contributed by atoms with Gasteiger partial charge in [-0.15, -0.1) is 0 Å². The molecular weight excluding hydrogens is 353 g/mol. The van der Waals surface area contributed by atoms with Crippen molar-refractivity contribution in [2.75, 3.05) is 12.4 Å². The van der Waals surface area contributed by atoms with E-state index in [0.717, 1.165) is 21.4 Å². The van der Waals surface area contributed by atoms with Gasteiger partial charge in [0, 0.05) is 24.3 Å². The second-order valence-electron chi connectivity index (χ2n) is 5.64. The van der Waals surface area contributed by atoms with Crippen molar-refractivity contribution in [1.82, 2.24) is 9.55 Å². The largest absolute Gasteiger partial charge is 0.497 e. The van der Waals surface area contributed by atoms with Crippen molar-refractivity contribution in [2.24, 2.45) is 7.05 Å². The lowest BCUT2D eigenvalue weighted by atomic mass is 10.1. The monoisotopic (exact) mass is 371 g/mol. The van der Waals surface area contributed by atoms with Gasteiger partial charge in [0.1, 0.15) is 11.6 Å². The highest BCUT2D eigenvalue weighted by atomic mass is 32.2. The summed E-state index contributed by atoms with van der Waals surface area (Å²) in [6.07, 6.45) is 3.70. The smallest absolute Gasteiger partial charge is 0.228 e. The highest BCUT2D eigenvalue weighted by Gasteiger charge is 2.12. The molecule has 134 valence electrons. The van der Waals surface area contributed by atoms with E-state index in [1.807, 2.05) is 29.9 Å². The number of carbonyl (C=O) groups excluding carboxylic acids is 1. The van der Waals surface area contributed by atoms with Crippen LogP contribution < -0.4 is 10.1 Å². The number of aromatic nitrogens is 2. The number of aryl methyl sites for hydroxylation is 1. The van der Waals surface area contributed by atoms with Crippen LogP contribution in [0.4, 0.5) is 10.1 Å². The topological polar surface area (TPSA) is 56.1 Å². The van der Waals surface area contributed by atoms with Crippen LogP contribution in [0.5, 0.6) is 5.75 Å². The van der Waals surface area contributed by atoms with Gasteiger partial charge in [0.05, 0.1) is 19.2 Å². The second-order valence-corrected chi connectivity index (χ2v) is 6.65. The Labute approximate surface area is 155 Å². The summed E-state index contributed by atoms with van der Waals surface area (Å²) in [5.74, 6) is 0.101. The molecule has 7 heteroatoms. The van der Waals surface area contributed by atoms with Crippen molar-refractivity contribution in [3.8, 4) is 5.75 Å². The maximum atomic E-state index is 13.7. The van der Waals surface area contributed by atoms with E-state index in [4.69, 9.17) is 4.74 Å². The highest BCUT2D eigenvalue weighted by Crippen LogP contribution is 2.33. The molecule has 0 bridgehead atoms. The van der Waals surface area contributed by atoms with Gasteiger partial charge in [-0.1, -0.05) is 12.1 Å². The number of amides is 1. The normalized spacial score (nSPS) is 10.6. The molecule has 0 fully saturated rings. The van der Waals surface area contributed by atoms with Crippen molar-refractivity contribution in [3.63, 3.8) is 0 Å². The third-order valence-electron chi connectivity index (χ3n) is 3.72. The molecule has 1 heterocycles. The van der Waals surface area contributed by atoms with E-state index in [0.29, 0.717) is 5.69 Å². The number of imidazole rings is 1. The number of anilines is 1. The molecule has 0 saturated heterocycles. The molecule has 26 heavy (non-hydrogen) atoms. The first-order chi connectivity index (χ1) is 12.5. The van der Waals surface area contributed by atoms with E-state index in [1.54, 1.807) is 31.5 Å². The molecule has 3 aromatic rings. The Balaban J connectivity index is 1.74. The fourth-order valence-corrected chi connectivity index (χ4v) is 3.23. The summed E-state index contributed by atoms with van der Waals surface area (Å²) in [5, 5.41) is 3.54. The number of halogens is 1. The van der Waals surface area contributed by atoms with Crippen LogP contribution in [0.3, 0.4) is 0 Å².